The summed E-state index contributed by atoms with van der Waals surface area (Å²) in [6.07, 6.45) is 6.26. The van der Waals surface area contributed by atoms with Crippen molar-refractivity contribution in [1.29, 1.82) is 0 Å². The molecule has 112 valence electrons. The molecule has 20 heavy (non-hydrogen) atoms. The van der Waals surface area contributed by atoms with Crippen LogP contribution in [0, 0.1) is 5.92 Å². The number of hydrogen-bond donors (Lipinski definition) is 2. The average Bonchev–Trinajstić information content (AvgIpc) is 2.39. The molecule has 0 saturated heterocycles. The molecule has 1 aromatic rings. The Morgan fingerprint density at radius 1 is 1.30 bits per heavy atom. The fourth-order valence-corrected chi connectivity index (χ4v) is 2.04. The van der Waals surface area contributed by atoms with Gasteiger partial charge in [-0.15, -0.1) is 0 Å². The molecule has 0 spiro atoms. The van der Waals surface area contributed by atoms with Crippen molar-refractivity contribution in [3.05, 3.63) is 30.1 Å². The van der Waals surface area contributed by atoms with Crippen molar-refractivity contribution in [1.82, 2.24) is 10.3 Å². The standard InChI is InChI=1S/C16H28N4/c1-13(2)7-6-8-14(3)20-16(17)19-12-10-15-9-4-5-11-18-15/h4-5,9,11,13-14H,6-8,10,12H2,1-3H3,(H3,17,19,20). The van der Waals surface area contributed by atoms with Crippen LogP contribution in [0.25, 0.3) is 0 Å². The van der Waals surface area contributed by atoms with Crippen LogP contribution >= 0.6 is 0 Å². The highest BCUT2D eigenvalue weighted by molar-refractivity contribution is 5.78. The molecule has 3 N–H and O–H groups in total. The minimum atomic E-state index is 0.382. The van der Waals surface area contributed by atoms with Crippen LogP contribution in [-0.2, 0) is 6.42 Å². The number of aromatic nitrogens is 1. The van der Waals surface area contributed by atoms with E-state index in [1.807, 2.05) is 18.2 Å². The zero-order valence-corrected chi connectivity index (χ0v) is 13.0. The Labute approximate surface area is 122 Å². The number of nitrogens with one attached hydrogen (secondary N) is 1. The number of nitrogens with two attached hydrogens (primary N) is 1. The molecule has 4 nitrogen and oxygen atoms in total. The normalized spacial score (nSPS) is 13.5. The molecule has 1 atom stereocenters. The lowest BCUT2D eigenvalue weighted by Crippen LogP contribution is -2.38. The summed E-state index contributed by atoms with van der Waals surface area (Å²) in [5.41, 5.74) is 6.94. The summed E-state index contributed by atoms with van der Waals surface area (Å²) in [6.45, 7) is 7.34. The van der Waals surface area contributed by atoms with Crippen molar-refractivity contribution in [2.45, 2.75) is 52.5 Å². The molecule has 0 aromatic carbocycles. The van der Waals surface area contributed by atoms with Crippen LogP contribution in [0.3, 0.4) is 0 Å². The Morgan fingerprint density at radius 2 is 2.10 bits per heavy atom. The molecular formula is C16H28N4. The fraction of sp³-hybridized carbons (Fsp3) is 0.625. The van der Waals surface area contributed by atoms with E-state index in [2.05, 4.69) is 36.1 Å². The Balaban J connectivity index is 2.20. The lowest BCUT2D eigenvalue weighted by Gasteiger charge is -2.15. The minimum absolute atomic E-state index is 0.382. The van der Waals surface area contributed by atoms with E-state index in [-0.39, 0.29) is 0 Å². The second kappa shape index (κ2) is 9.34. The number of guanidine groups is 1. The van der Waals surface area contributed by atoms with Crippen LogP contribution < -0.4 is 11.1 Å². The van der Waals surface area contributed by atoms with Gasteiger partial charge in [0.1, 0.15) is 0 Å². The zero-order valence-electron chi connectivity index (χ0n) is 13.0. The maximum absolute atomic E-state index is 5.89. The smallest absolute Gasteiger partial charge is 0.188 e. The molecule has 0 aliphatic carbocycles. The third-order valence-corrected chi connectivity index (χ3v) is 3.19. The Bertz CT molecular complexity index is 387. The summed E-state index contributed by atoms with van der Waals surface area (Å²) in [5, 5.41) is 3.25. The van der Waals surface area contributed by atoms with Crippen LogP contribution in [-0.4, -0.2) is 23.5 Å². The van der Waals surface area contributed by atoms with E-state index in [4.69, 9.17) is 5.73 Å². The summed E-state index contributed by atoms with van der Waals surface area (Å²) < 4.78 is 0. The molecule has 0 aliphatic heterocycles. The summed E-state index contributed by atoms with van der Waals surface area (Å²) in [6, 6.07) is 6.30. The van der Waals surface area contributed by atoms with Gasteiger partial charge in [-0.3, -0.25) is 9.98 Å². The largest absolute Gasteiger partial charge is 0.370 e. The van der Waals surface area contributed by atoms with Gasteiger partial charge in [-0.1, -0.05) is 32.8 Å². The maximum atomic E-state index is 5.89. The molecular weight excluding hydrogens is 248 g/mol. The van der Waals surface area contributed by atoms with Gasteiger partial charge in [-0.25, -0.2) is 0 Å². The molecule has 0 bridgehead atoms. The first-order valence-electron chi connectivity index (χ1n) is 7.54. The topological polar surface area (TPSA) is 63.3 Å². The SMILES string of the molecule is CC(C)CCCC(C)NC(N)=NCCc1ccccn1. The van der Waals surface area contributed by atoms with Gasteiger partial charge in [-0.05, 0) is 31.4 Å². The van der Waals surface area contributed by atoms with Crippen LogP contribution in [0.4, 0.5) is 0 Å². The van der Waals surface area contributed by atoms with Gasteiger partial charge in [-0.2, -0.15) is 0 Å². The number of aliphatic imine (C=N–C) groups is 1. The van der Waals surface area contributed by atoms with Gasteiger partial charge in [0.15, 0.2) is 5.96 Å². The average molecular weight is 276 g/mol. The quantitative estimate of drug-likeness (QED) is 0.567. The Kier molecular flexibility index (Phi) is 7.70. The van der Waals surface area contributed by atoms with Crippen molar-refractivity contribution >= 4 is 5.96 Å². The molecule has 4 heteroatoms. The van der Waals surface area contributed by atoms with E-state index < -0.39 is 0 Å². The number of pyridine rings is 1. The van der Waals surface area contributed by atoms with Crippen LogP contribution in [0.1, 0.15) is 45.7 Å². The Hall–Kier alpha value is -1.58. The highest BCUT2D eigenvalue weighted by atomic mass is 15.1. The van der Waals surface area contributed by atoms with Crippen LogP contribution in [0.2, 0.25) is 0 Å². The van der Waals surface area contributed by atoms with Crippen molar-refractivity contribution < 1.29 is 0 Å². The number of rotatable bonds is 8. The molecule has 1 unspecified atom stereocenters. The predicted octanol–water partition coefficient (Wildman–Crippen LogP) is 2.74. The van der Waals surface area contributed by atoms with Gasteiger partial charge in [0.05, 0.1) is 0 Å². The Morgan fingerprint density at radius 3 is 2.75 bits per heavy atom. The highest BCUT2D eigenvalue weighted by Crippen LogP contribution is 2.07. The van der Waals surface area contributed by atoms with E-state index in [1.165, 1.54) is 12.8 Å². The third kappa shape index (κ3) is 7.77. The summed E-state index contributed by atoms with van der Waals surface area (Å²) in [7, 11) is 0. The van der Waals surface area contributed by atoms with Gasteiger partial charge in [0, 0.05) is 30.9 Å². The molecule has 0 aliphatic rings. The zero-order chi connectivity index (χ0) is 14.8. The summed E-state index contributed by atoms with van der Waals surface area (Å²) in [4.78, 5) is 8.61. The monoisotopic (exact) mass is 276 g/mol. The van der Waals surface area contributed by atoms with E-state index in [9.17, 15) is 0 Å². The molecule has 0 fully saturated rings. The third-order valence-electron chi connectivity index (χ3n) is 3.19. The van der Waals surface area contributed by atoms with E-state index in [0.717, 1.165) is 24.5 Å². The molecule has 1 aromatic heterocycles. The van der Waals surface area contributed by atoms with E-state index in [0.29, 0.717) is 18.5 Å². The molecule has 0 amide bonds. The van der Waals surface area contributed by atoms with Crippen molar-refractivity contribution in [2.24, 2.45) is 16.6 Å². The van der Waals surface area contributed by atoms with Gasteiger partial charge >= 0.3 is 0 Å². The second-order valence-corrected chi connectivity index (χ2v) is 5.71. The van der Waals surface area contributed by atoms with Crippen molar-refractivity contribution in [3.8, 4) is 0 Å². The predicted molar refractivity (Wildman–Crippen MR) is 85.7 cm³/mol. The first-order chi connectivity index (χ1) is 9.58. The summed E-state index contributed by atoms with van der Waals surface area (Å²) in [5.74, 6) is 1.31. The molecule has 1 heterocycles. The lowest BCUT2D eigenvalue weighted by molar-refractivity contribution is 0.493. The lowest BCUT2D eigenvalue weighted by atomic mass is 10.0. The van der Waals surface area contributed by atoms with E-state index in [1.54, 1.807) is 6.20 Å². The molecule has 0 saturated carbocycles. The fourth-order valence-electron chi connectivity index (χ4n) is 2.04. The van der Waals surface area contributed by atoms with Crippen molar-refractivity contribution in [2.75, 3.05) is 6.54 Å². The number of nitrogens with zero attached hydrogens (tertiary/aromatic N) is 2. The van der Waals surface area contributed by atoms with Crippen LogP contribution in [0.5, 0.6) is 0 Å². The molecule has 0 radical (unpaired) electrons. The van der Waals surface area contributed by atoms with Gasteiger partial charge in [0.25, 0.3) is 0 Å². The van der Waals surface area contributed by atoms with Gasteiger partial charge in [0.2, 0.25) is 0 Å². The maximum Gasteiger partial charge on any atom is 0.188 e. The summed E-state index contributed by atoms with van der Waals surface area (Å²) >= 11 is 0. The van der Waals surface area contributed by atoms with Gasteiger partial charge < -0.3 is 11.1 Å². The van der Waals surface area contributed by atoms with Crippen LogP contribution in [0.15, 0.2) is 29.4 Å². The molecule has 1 rings (SSSR count). The highest BCUT2D eigenvalue weighted by Gasteiger charge is 2.03. The first kappa shape index (κ1) is 16.5. The second-order valence-electron chi connectivity index (χ2n) is 5.71. The first-order valence-corrected chi connectivity index (χ1v) is 7.54. The van der Waals surface area contributed by atoms with Crippen molar-refractivity contribution in [3.63, 3.8) is 0 Å². The minimum Gasteiger partial charge on any atom is -0.370 e. The number of hydrogen-bond acceptors (Lipinski definition) is 2. The van der Waals surface area contributed by atoms with E-state index >= 15 is 0 Å².